The molecule has 0 aromatic heterocycles. The van der Waals surface area contributed by atoms with Gasteiger partial charge in [0.05, 0.1) is 6.04 Å². The third kappa shape index (κ3) is 3.04. The second kappa shape index (κ2) is 6.02. The maximum absolute atomic E-state index is 12.2. The predicted octanol–water partition coefficient (Wildman–Crippen LogP) is 1.06. The molecule has 2 fully saturated rings. The molecule has 0 saturated carbocycles. The topological polar surface area (TPSA) is 49.6 Å². The Labute approximate surface area is 110 Å². The Hall–Kier alpha value is -0.610. The predicted molar refractivity (Wildman–Crippen MR) is 73.2 cm³/mol. The first kappa shape index (κ1) is 13.8. The molecule has 0 aromatic carbocycles. The minimum Gasteiger partial charge on any atom is -0.340 e. The Morgan fingerprint density at radius 1 is 1.17 bits per heavy atom. The molecule has 0 bridgehead atoms. The lowest BCUT2D eigenvalue weighted by Crippen LogP contribution is -2.47. The minimum atomic E-state index is -0.329. The van der Waals surface area contributed by atoms with Crippen molar-refractivity contribution in [2.75, 3.05) is 26.2 Å². The number of likely N-dealkylation sites (tertiary alicyclic amines) is 2. The van der Waals surface area contributed by atoms with Crippen LogP contribution in [0.1, 0.15) is 39.5 Å². The molecule has 0 aromatic rings. The lowest BCUT2D eigenvalue weighted by Gasteiger charge is -2.32. The van der Waals surface area contributed by atoms with E-state index < -0.39 is 0 Å². The highest BCUT2D eigenvalue weighted by atomic mass is 16.2. The molecule has 0 spiro atoms. The Balaban J connectivity index is 1.85. The zero-order chi connectivity index (χ0) is 13.1. The molecule has 18 heavy (non-hydrogen) atoms. The monoisotopic (exact) mass is 253 g/mol. The first-order valence-corrected chi connectivity index (χ1v) is 7.38. The molecule has 2 N–H and O–H groups in total. The van der Waals surface area contributed by atoms with Gasteiger partial charge in [-0.2, -0.15) is 0 Å². The zero-order valence-corrected chi connectivity index (χ0v) is 11.8. The molecule has 2 heterocycles. The maximum Gasteiger partial charge on any atom is 0.239 e. The number of hydrogen-bond acceptors (Lipinski definition) is 3. The quantitative estimate of drug-likeness (QED) is 0.818. The number of rotatable bonds is 3. The van der Waals surface area contributed by atoms with Gasteiger partial charge < -0.3 is 10.6 Å². The van der Waals surface area contributed by atoms with Crippen LogP contribution in [0.15, 0.2) is 0 Å². The number of piperidine rings is 1. The van der Waals surface area contributed by atoms with Gasteiger partial charge in [-0.25, -0.2) is 0 Å². The first-order chi connectivity index (χ1) is 8.59. The first-order valence-electron chi connectivity index (χ1n) is 7.38. The van der Waals surface area contributed by atoms with Crippen molar-refractivity contribution in [2.24, 2.45) is 11.7 Å². The molecule has 2 rings (SSSR count). The lowest BCUT2D eigenvalue weighted by molar-refractivity contribution is -0.132. The molecule has 1 amide bonds. The molecule has 2 aliphatic rings. The van der Waals surface area contributed by atoms with Crippen LogP contribution in [0.2, 0.25) is 0 Å². The Morgan fingerprint density at radius 2 is 1.83 bits per heavy atom. The Morgan fingerprint density at radius 3 is 2.44 bits per heavy atom. The van der Waals surface area contributed by atoms with Crippen LogP contribution in [0.3, 0.4) is 0 Å². The molecule has 0 aliphatic carbocycles. The number of nitrogens with two attached hydrogens (primary N) is 1. The Bertz CT molecular complexity index is 287. The van der Waals surface area contributed by atoms with E-state index in [1.54, 1.807) is 0 Å². The summed E-state index contributed by atoms with van der Waals surface area (Å²) in [7, 11) is 0. The lowest BCUT2D eigenvalue weighted by atomic mass is 10.0. The van der Waals surface area contributed by atoms with Crippen molar-refractivity contribution < 1.29 is 4.79 Å². The highest BCUT2D eigenvalue weighted by Gasteiger charge is 2.33. The average Bonchev–Trinajstić information content (AvgIpc) is 2.87. The van der Waals surface area contributed by atoms with Crippen molar-refractivity contribution in [3.05, 3.63) is 0 Å². The van der Waals surface area contributed by atoms with Crippen LogP contribution in [0.5, 0.6) is 0 Å². The van der Waals surface area contributed by atoms with E-state index in [1.165, 1.54) is 32.4 Å². The fourth-order valence-corrected chi connectivity index (χ4v) is 3.02. The molecule has 1 unspecified atom stereocenters. The van der Waals surface area contributed by atoms with Crippen LogP contribution in [0.4, 0.5) is 0 Å². The molecular weight excluding hydrogens is 226 g/mol. The normalized spacial score (nSPS) is 27.8. The van der Waals surface area contributed by atoms with Gasteiger partial charge in [0.15, 0.2) is 0 Å². The van der Waals surface area contributed by atoms with E-state index in [0.29, 0.717) is 6.04 Å². The molecular formula is C14H27N3O. The van der Waals surface area contributed by atoms with Gasteiger partial charge in [0.25, 0.3) is 0 Å². The summed E-state index contributed by atoms with van der Waals surface area (Å²) in [6.45, 7) is 8.23. The maximum atomic E-state index is 12.2. The summed E-state index contributed by atoms with van der Waals surface area (Å²) in [4.78, 5) is 16.7. The zero-order valence-electron chi connectivity index (χ0n) is 11.8. The van der Waals surface area contributed by atoms with Crippen LogP contribution < -0.4 is 5.73 Å². The van der Waals surface area contributed by atoms with Crippen molar-refractivity contribution in [1.82, 2.24) is 9.80 Å². The molecule has 0 radical (unpaired) electrons. The summed E-state index contributed by atoms with van der Waals surface area (Å²) in [5.41, 5.74) is 5.96. The fourth-order valence-electron chi connectivity index (χ4n) is 3.02. The van der Waals surface area contributed by atoms with E-state index in [2.05, 4.69) is 4.90 Å². The van der Waals surface area contributed by atoms with Gasteiger partial charge in [0.2, 0.25) is 5.91 Å². The van der Waals surface area contributed by atoms with Gasteiger partial charge in [-0.15, -0.1) is 0 Å². The highest BCUT2D eigenvalue weighted by molar-refractivity contribution is 5.82. The van der Waals surface area contributed by atoms with Crippen LogP contribution >= 0.6 is 0 Å². The molecule has 2 aliphatic heterocycles. The minimum absolute atomic E-state index is 0.143. The van der Waals surface area contributed by atoms with Crippen LogP contribution in [-0.4, -0.2) is 54.0 Å². The molecule has 2 saturated heterocycles. The van der Waals surface area contributed by atoms with Gasteiger partial charge in [0.1, 0.15) is 0 Å². The molecule has 4 heteroatoms. The van der Waals surface area contributed by atoms with E-state index in [0.717, 1.165) is 19.5 Å². The number of nitrogens with zero attached hydrogens (tertiary/aromatic N) is 2. The fraction of sp³-hybridized carbons (Fsp3) is 0.929. The van der Waals surface area contributed by atoms with E-state index in [1.807, 2.05) is 18.7 Å². The van der Waals surface area contributed by atoms with Gasteiger partial charge >= 0.3 is 0 Å². The van der Waals surface area contributed by atoms with Crippen molar-refractivity contribution in [1.29, 1.82) is 0 Å². The summed E-state index contributed by atoms with van der Waals surface area (Å²) in [5, 5.41) is 0. The smallest absolute Gasteiger partial charge is 0.239 e. The SMILES string of the molecule is CC(C)[C@@H](N)C(=O)N1CCC(N2CCCCC2)C1. The van der Waals surface area contributed by atoms with Gasteiger partial charge in [0, 0.05) is 19.1 Å². The second-order valence-electron chi connectivity index (χ2n) is 6.09. The van der Waals surface area contributed by atoms with E-state index in [4.69, 9.17) is 5.73 Å². The van der Waals surface area contributed by atoms with Crippen LogP contribution in [0, 0.1) is 5.92 Å². The van der Waals surface area contributed by atoms with E-state index in [9.17, 15) is 4.79 Å². The Kier molecular flexibility index (Phi) is 4.62. The second-order valence-corrected chi connectivity index (χ2v) is 6.09. The van der Waals surface area contributed by atoms with Crippen molar-refractivity contribution in [3.63, 3.8) is 0 Å². The third-order valence-corrected chi connectivity index (χ3v) is 4.39. The summed E-state index contributed by atoms with van der Waals surface area (Å²) in [6, 6.07) is 0.249. The van der Waals surface area contributed by atoms with Crippen molar-refractivity contribution in [3.8, 4) is 0 Å². The standard InChI is InChI=1S/C14H27N3O/c1-11(2)13(15)14(18)17-9-6-12(10-17)16-7-4-3-5-8-16/h11-13H,3-10,15H2,1-2H3/t12?,13-/m1/s1. The summed E-state index contributed by atoms with van der Waals surface area (Å²) in [5.74, 6) is 0.371. The van der Waals surface area contributed by atoms with Gasteiger partial charge in [-0.3, -0.25) is 9.69 Å². The molecule has 104 valence electrons. The largest absolute Gasteiger partial charge is 0.340 e. The van der Waals surface area contributed by atoms with E-state index in [-0.39, 0.29) is 17.9 Å². The summed E-state index contributed by atoms with van der Waals surface area (Å²) >= 11 is 0. The highest BCUT2D eigenvalue weighted by Crippen LogP contribution is 2.21. The van der Waals surface area contributed by atoms with Gasteiger partial charge in [-0.1, -0.05) is 20.3 Å². The summed E-state index contributed by atoms with van der Waals surface area (Å²) in [6.07, 6.45) is 5.12. The average molecular weight is 253 g/mol. The van der Waals surface area contributed by atoms with Crippen molar-refractivity contribution >= 4 is 5.91 Å². The van der Waals surface area contributed by atoms with Gasteiger partial charge in [-0.05, 0) is 38.3 Å². The number of carbonyl (C=O) groups is 1. The number of amides is 1. The van der Waals surface area contributed by atoms with Crippen LogP contribution in [0.25, 0.3) is 0 Å². The van der Waals surface area contributed by atoms with E-state index >= 15 is 0 Å². The van der Waals surface area contributed by atoms with Crippen molar-refractivity contribution in [2.45, 2.75) is 51.6 Å². The third-order valence-electron chi connectivity index (χ3n) is 4.39. The number of hydrogen-bond donors (Lipinski definition) is 1. The van der Waals surface area contributed by atoms with Crippen LogP contribution in [-0.2, 0) is 4.79 Å². The number of carbonyl (C=O) groups excluding carboxylic acids is 1. The summed E-state index contributed by atoms with van der Waals surface area (Å²) < 4.78 is 0. The molecule has 2 atom stereocenters. The molecule has 4 nitrogen and oxygen atoms in total.